The van der Waals surface area contributed by atoms with Crippen LogP contribution < -0.4 is 5.32 Å². The molecule has 0 aliphatic carbocycles. The van der Waals surface area contributed by atoms with E-state index < -0.39 is 4.92 Å². The molecule has 1 aromatic carbocycles. The largest absolute Gasteiger partial charge is 0.345 e. The third-order valence-electron chi connectivity index (χ3n) is 1.76. The van der Waals surface area contributed by atoms with Gasteiger partial charge in [-0.15, -0.1) is 11.8 Å². The van der Waals surface area contributed by atoms with E-state index in [4.69, 9.17) is 0 Å². The first-order chi connectivity index (χ1) is 7.11. The van der Waals surface area contributed by atoms with Crippen molar-refractivity contribution >= 4 is 17.4 Å². The maximum absolute atomic E-state index is 10.3. The molecule has 15 heavy (non-hydrogen) atoms. The Morgan fingerprint density at radius 3 is 2.53 bits per heavy atom. The molecule has 0 aliphatic rings. The summed E-state index contributed by atoms with van der Waals surface area (Å²) in [6.45, 7) is 1.99. The molecule has 0 unspecified atom stereocenters. The van der Waals surface area contributed by atoms with Crippen molar-refractivity contribution in [2.75, 3.05) is 11.6 Å². The van der Waals surface area contributed by atoms with E-state index in [1.54, 1.807) is 6.26 Å². The summed E-state index contributed by atoms with van der Waals surface area (Å²) in [4.78, 5) is 9.82. The molecular weight excluding hydrogens is 212 g/mol. The van der Waals surface area contributed by atoms with E-state index >= 15 is 0 Å². The molecule has 0 saturated heterocycles. The summed E-state index contributed by atoms with van der Waals surface area (Å²) in [6, 6.07) is 7.68. The summed E-state index contributed by atoms with van der Waals surface area (Å²) >= 11 is 1.31. The molecule has 80 valence electrons. The van der Waals surface area contributed by atoms with Gasteiger partial charge in [0.15, 0.2) is 0 Å². The monoisotopic (exact) mass is 224 g/mol. The van der Waals surface area contributed by atoms with Crippen LogP contribution in [-0.4, -0.2) is 11.2 Å². The number of benzene rings is 1. The normalized spacial score (nSPS) is 11.2. The smallest absolute Gasteiger partial charge is 0.264 e. The molecule has 1 aromatic rings. The minimum Gasteiger partial charge on any atom is -0.345 e. The van der Waals surface area contributed by atoms with Gasteiger partial charge in [0, 0.05) is 5.69 Å². The van der Waals surface area contributed by atoms with Gasteiger partial charge in [-0.05, 0) is 25.3 Å². The van der Waals surface area contributed by atoms with E-state index in [-0.39, 0.29) is 0 Å². The molecule has 1 N–H and O–H groups in total. The topological polar surface area (TPSA) is 55.2 Å². The second-order valence-corrected chi connectivity index (χ2v) is 3.82. The van der Waals surface area contributed by atoms with Crippen LogP contribution in [0.3, 0.4) is 0 Å². The van der Waals surface area contributed by atoms with Gasteiger partial charge in [-0.25, -0.2) is 0 Å². The highest BCUT2D eigenvalue weighted by Crippen LogP contribution is 2.17. The molecule has 1 rings (SSSR count). The van der Waals surface area contributed by atoms with Gasteiger partial charge in [0.25, 0.3) is 6.20 Å². The Labute approximate surface area is 92.5 Å². The molecule has 5 heteroatoms. The van der Waals surface area contributed by atoms with Gasteiger partial charge in [-0.3, -0.25) is 10.1 Å². The number of nitro groups is 1. The van der Waals surface area contributed by atoms with Crippen molar-refractivity contribution in [3.63, 3.8) is 0 Å². The Morgan fingerprint density at radius 2 is 2.07 bits per heavy atom. The molecule has 0 heterocycles. The standard InChI is InChI=1S/C10H12N2O2S/c1-8-3-5-9(6-4-8)11-10(15-2)7-12(13)14/h3-7,11H,1-2H3/b10-7+. The Morgan fingerprint density at radius 1 is 1.47 bits per heavy atom. The number of nitrogens with zero attached hydrogens (tertiary/aromatic N) is 1. The zero-order valence-electron chi connectivity index (χ0n) is 8.56. The third-order valence-corrected chi connectivity index (χ3v) is 2.41. The van der Waals surface area contributed by atoms with Crippen LogP contribution in [0.1, 0.15) is 5.56 Å². The highest BCUT2D eigenvalue weighted by molar-refractivity contribution is 8.02. The van der Waals surface area contributed by atoms with Crippen LogP contribution in [-0.2, 0) is 0 Å². The van der Waals surface area contributed by atoms with Crippen LogP contribution in [0.25, 0.3) is 0 Å². The summed E-state index contributed by atoms with van der Waals surface area (Å²) in [6.07, 6.45) is 2.75. The lowest BCUT2D eigenvalue weighted by Crippen LogP contribution is -1.98. The van der Waals surface area contributed by atoms with E-state index in [0.717, 1.165) is 17.5 Å². The summed E-state index contributed by atoms with van der Waals surface area (Å²) in [7, 11) is 0. The van der Waals surface area contributed by atoms with E-state index in [9.17, 15) is 10.1 Å². The van der Waals surface area contributed by atoms with Crippen molar-refractivity contribution in [1.82, 2.24) is 0 Å². The fourth-order valence-electron chi connectivity index (χ4n) is 1.01. The lowest BCUT2D eigenvalue weighted by Gasteiger charge is -2.05. The highest BCUT2D eigenvalue weighted by Gasteiger charge is 2.01. The molecule has 0 radical (unpaired) electrons. The zero-order chi connectivity index (χ0) is 11.3. The average Bonchev–Trinajstić information content (AvgIpc) is 2.19. The first-order valence-electron chi connectivity index (χ1n) is 4.35. The van der Waals surface area contributed by atoms with Crippen molar-refractivity contribution in [2.24, 2.45) is 0 Å². The minimum absolute atomic E-state index is 0.465. The van der Waals surface area contributed by atoms with Crippen molar-refractivity contribution in [3.05, 3.63) is 51.2 Å². The molecule has 0 saturated carbocycles. The van der Waals surface area contributed by atoms with Crippen molar-refractivity contribution in [3.8, 4) is 0 Å². The number of aryl methyl sites for hydroxylation is 1. The van der Waals surface area contributed by atoms with Gasteiger partial charge < -0.3 is 5.32 Å². The van der Waals surface area contributed by atoms with Crippen LogP contribution >= 0.6 is 11.8 Å². The number of anilines is 1. The number of hydrogen-bond acceptors (Lipinski definition) is 4. The molecule has 4 nitrogen and oxygen atoms in total. The number of thioether (sulfide) groups is 1. The maximum Gasteiger partial charge on any atom is 0.264 e. The van der Waals surface area contributed by atoms with Gasteiger partial charge in [-0.1, -0.05) is 17.7 Å². The average molecular weight is 224 g/mol. The van der Waals surface area contributed by atoms with E-state index in [1.165, 1.54) is 11.8 Å². The maximum atomic E-state index is 10.3. The lowest BCUT2D eigenvalue weighted by atomic mass is 10.2. The van der Waals surface area contributed by atoms with Crippen molar-refractivity contribution in [1.29, 1.82) is 0 Å². The Balaban J connectivity index is 2.75. The fourth-order valence-corrected chi connectivity index (χ4v) is 1.42. The van der Waals surface area contributed by atoms with Gasteiger partial charge in [0.05, 0.1) is 4.92 Å². The molecule has 0 amide bonds. The van der Waals surface area contributed by atoms with Crippen LogP contribution in [0, 0.1) is 17.0 Å². The lowest BCUT2D eigenvalue weighted by molar-refractivity contribution is -0.402. The van der Waals surface area contributed by atoms with E-state index in [1.807, 2.05) is 31.2 Å². The minimum atomic E-state index is -0.465. The van der Waals surface area contributed by atoms with Gasteiger partial charge in [-0.2, -0.15) is 0 Å². The first kappa shape index (κ1) is 11.6. The summed E-state index contributed by atoms with van der Waals surface area (Å²) < 4.78 is 0. The second kappa shape index (κ2) is 5.41. The third kappa shape index (κ3) is 4.03. The van der Waals surface area contributed by atoms with Crippen molar-refractivity contribution in [2.45, 2.75) is 6.92 Å². The summed E-state index contributed by atoms with van der Waals surface area (Å²) in [5.41, 5.74) is 2.01. The van der Waals surface area contributed by atoms with Crippen LogP contribution in [0.15, 0.2) is 35.5 Å². The Bertz CT molecular complexity index is 374. The fraction of sp³-hybridized carbons (Fsp3) is 0.200. The Kier molecular flexibility index (Phi) is 4.17. The predicted octanol–water partition coefficient (Wildman–Crippen LogP) is 2.85. The predicted molar refractivity (Wildman–Crippen MR) is 63.4 cm³/mol. The highest BCUT2D eigenvalue weighted by atomic mass is 32.2. The van der Waals surface area contributed by atoms with Crippen LogP contribution in [0.5, 0.6) is 0 Å². The van der Waals surface area contributed by atoms with E-state index in [2.05, 4.69) is 5.32 Å². The first-order valence-corrected chi connectivity index (χ1v) is 5.57. The number of hydrogen-bond donors (Lipinski definition) is 1. The molecule has 0 atom stereocenters. The molecular formula is C10H12N2O2S. The van der Waals surface area contributed by atoms with Crippen molar-refractivity contribution < 1.29 is 4.92 Å². The van der Waals surface area contributed by atoms with E-state index in [0.29, 0.717) is 5.03 Å². The van der Waals surface area contributed by atoms with Gasteiger partial charge in [0.1, 0.15) is 5.03 Å². The molecule has 0 bridgehead atoms. The Hall–Kier alpha value is -1.49. The number of rotatable bonds is 4. The molecule has 0 aromatic heterocycles. The quantitative estimate of drug-likeness (QED) is 0.631. The number of nitrogens with one attached hydrogen (secondary N) is 1. The van der Waals surface area contributed by atoms with Gasteiger partial charge in [0.2, 0.25) is 0 Å². The van der Waals surface area contributed by atoms with Gasteiger partial charge >= 0.3 is 0 Å². The van der Waals surface area contributed by atoms with Crippen LogP contribution in [0.4, 0.5) is 5.69 Å². The summed E-state index contributed by atoms with van der Waals surface area (Å²) in [5.74, 6) is 0. The molecule has 0 aliphatic heterocycles. The van der Waals surface area contributed by atoms with Crippen LogP contribution in [0.2, 0.25) is 0 Å². The zero-order valence-corrected chi connectivity index (χ0v) is 9.38. The SMILES string of the molecule is CS/C(=C/[N+](=O)[O-])Nc1ccc(C)cc1. The molecule has 0 spiro atoms. The molecule has 0 fully saturated rings. The summed E-state index contributed by atoms with van der Waals surface area (Å²) in [5, 5.41) is 13.8. The second-order valence-electron chi connectivity index (χ2n) is 2.97.